The molecule has 0 amide bonds. The molecule has 0 saturated carbocycles. The molecule has 1 aliphatic heterocycles. The second kappa shape index (κ2) is 19.8. The molecular formula is C31H48N4O11P2. The summed E-state index contributed by atoms with van der Waals surface area (Å²) < 4.78 is 64.9. The molecule has 0 bridgehead atoms. The molecule has 0 N–H and O–H groups in total. The van der Waals surface area contributed by atoms with Crippen LogP contribution in [0.4, 0.5) is 0 Å². The highest BCUT2D eigenvalue weighted by atomic mass is 31.2. The molecule has 17 heteroatoms. The van der Waals surface area contributed by atoms with Crippen molar-refractivity contribution in [2.45, 2.75) is 98.1 Å². The van der Waals surface area contributed by atoms with Gasteiger partial charge >= 0.3 is 13.3 Å². The lowest BCUT2D eigenvalue weighted by Gasteiger charge is -2.38. The number of rotatable bonds is 21. The Morgan fingerprint density at radius 1 is 1.04 bits per heavy atom. The lowest BCUT2D eigenvalue weighted by atomic mass is 10.2. The minimum absolute atomic E-state index is 0.0186. The van der Waals surface area contributed by atoms with Crippen LogP contribution < -0.4 is 11.2 Å². The molecule has 15 nitrogen and oxygen atoms in total. The van der Waals surface area contributed by atoms with Crippen LogP contribution in [0.1, 0.15) is 59.8 Å². The Morgan fingerprint density at radius 3 is 2.29 bits per heavy atom. The number of methoxy groups -OCH3 is 1. The lowest BCUT2D eigenvalue weighted by Crippen LogP contribution is -2.44. The topological polar surface area (TPSA) is 162 Å². The zero-order valence-corrected chi connectivity index (χ0v) is 30.4. The Hall–Kier alpha value is -2.31. The summed E-state index contributed by atoms with van der Waals surface area (Å²) in [5.41, 5.74) is -0.401. The van der Waals surface area contributed by atoms with Crippen LogP contribution >= 0.6 is 16.1 Å². The Labute approximate surface area is 283 Å². The molecule has 1 aliphatic rings. The Balaban J connectivity index is 1.99. The van der Waals surface area contributed by atoms with Gasteiger partial charge < -0.3 is 37.0 Å². The van der Waals surface area contributed by atoms with Crippen molar-refractivity contribution in [3.05, 3.63) is 69.0 Å². The summed E-state index contributed by atoms with van der Waals surface area (Å²) in [4.78, 5) is 26.5. The van der Waals surface area contributed by atoms with Crippen LogP contribution in [-0.4, -0.2) is 77.7 Å². The van der Waals surface area contributed by atoms with E-state index in [2.05, 4.69) is 6.07 Å². The van der Waals surface area contributed by atoms with Crippen LogP contribution in [0.3, 0.4) is 0 Å². The quantitative estimate of drug-likeness (QED) is 0.126. The van der Waals surface area contributed by atoms with E-state index in [9.17, 15) is 14.2 Å². The molecule has 268 valence electrons. The molecule has 1 fully saturated rings. The second-order valence-electron chi connectivity index (χ2n) is 11.2. The maximum absolute atomic E-state index is 13.7. The maximum Gasteiger partial charge on any atom is 0.356 e. The van der Waals surface area contributed by atoms with Crippen molar-refractivity contribution in [3.8, 4) is 6.07 Å². The third kappa shape index (κ3) is 10.8. The average Bonchev–Trinajstić information content (AvgIpc) is 3.38. The second-order valence-corrected chi connectivity index (χ2v) is 14.6. The van der Waals surface area contributed by atoms with E-state index in [0.29, 0.717) is 0 Å². The molecular weight excluding hydrogens is 666 g/mol. The number of aromatic nitrogens is 2. The number of benzene rings is 1. The van der Waals surface area contributed by atoms with Gasteiger partial charge in [-0.1, -0.05) is 30.3 Å². The van der Waals surface area contributed by atoms with Crippen LogP contribution in [0.15, 0.2) is 52.2 Å². The average molecular weight is 715 g/mol. The number of hydrogen-bond donors (Lipinski definition) is 0. The normalized spacial score (nSPS) is 20.5. The molecule has 2 heterocycles. The van der Waals surface area contributed by atoms with Gasteiger partial charge in [0.05, 0.1) is 38.9 Å². The first-order valence-corrected chi connectivity index (χ1v) is 18.7. The van der Waals surface area contributed by atoms with Gasteiger partial charge in [0, 0.05) is 31.5 Å². The predicted molar refractivity (Wildman–Crippen MR) is 178 cm³/mol. The van der Waals surface area contributed by atoms with E-state index in [-0.39, 0.29) is 51.7 Å². The highest BCUT2D eigenvalue weighted by Gasteiger charge is 2.51. The fourth-order valence-electron chi connectivity index (χ4n) is 5.07. The zero-order chi connectivity index (χ0) is 35.3. The molecule has 2 aromatic rings. The van der Waals surface area contributed by atoms with Gasteiger partial charge in [0.2, 0.25) is 0 Å². The molecule has 0 aliphatic carbocycles. The van der Waals surface area contributed by atoms with Gasteiger partial charge in [-0.15, -0.1) is 0 Å². The molecule has 48 heavy (non-hydrogen) atoms. The van der Waals surface area contributed by atoms with Crippen LogP contribution in [-0.2, 0) is 54.9 Å². The summed E-state index contributed by atoms with van der Waals surface area (Å²) in [6.45, 7) is 11.6. The van der Waals surface area contributed by atoms with Gasteiger partial charge in [0.1, 0.15) is 18.9 Å². The molecule has 0 radical (unpaired) electrons. The largest absolute Gasteiger partial charge is 0.374 e. The van der Waals surface area contributed by atoms with E-state index < -0.39 is 58.4 Å². The molecule has 0 spiro atoms. The maximum atomic E-state index is 13.7. The number of nitrogens with zero attached hydrogens (tertiary/aromatic N) is 4. The van der Waals surface area contributed by atoms with Crippen molar-refractivity contribution >= 4 is 16.1 Å². The van der Waals surface area contributed by atoms with Crippen LogP contribution in [0, 0.1) is 11.3 Å². The van der Waals surface area contributed by atoms with Crippen molar-refractivity contribution in [2.75, 3.05) is 33.3 Å². The van der Waals surface area contributed by atoms with Gasteiger partial charge in [-0.05, 0) is 47.1 Å². The number of ether oxygens (including phenoxy) is 4. The third-order valence-electron chi connectivity index (χ3n) is 7.04. The highest BCUT2D eigenvalue weighted by molar-refractivity contribution is 7.53. The monoisotopic (exact) mass is 714 g/mol. The van der Waals surface area contributed by atoms with Gasteiger partial charge in [-0.25, -0.2) is 14.0 Å². The minimum Gasteiger partial charge on any atom is -0.374 e. The van der Waals surface area contributed by atoms with E-state index in [4.69, 9.17) is 42.3 Å². The van der Waals surface area contributed by atoms with E-state index in [1.54, 1.807) is 13.8 Å². The van der Waals surface area contributed by atoms with Crippen LogP contribution in [0.2, 0.25) is 0 Å². The summed E-state index contributed by atoms with van der Waals surface area (Å²) in [7, 11) is -4.09. The van der Waals surface area contributed by atoms with E-state index in [0.717, 1.165) is 10.1 Å². The summed E-state index contributed by atoms with van der Waals surface area (Å²) >= 11 is 0. The summed E-state index contributed by atoms with van der Waals surface area (Å²) in [5.74, 6) is 0. The Kier molecular flexibility index (Phi) is 16.5. The van der Waals surface area contributed by atoms with Crippen LogP contribution in [0.5, 0.6) is 0 Å². The number of hydrogen-bond acceptors (Lipinski definition) is 13. The first-order valence-electron chi connectivity index (χ1n) is 15.9. The zero-order valence-electron chi connectivity index (χ0n) is 28.6. The highest BCUT2D eigenvalue weighted by Crippen LogP contribution is 2.52. The van der Waals surface area contributed by atoms with Crippen molar-refractivity contribution < 1.29 is 41.6 Å². The van der Waals surface area contributed by atoms with E-state index in [1.165, 1.54) is 23.9 Å². The van der Waals surface area contributed by atoms with Crippen molar-refractivity contribution in [1.82, 2.24) is 13.8 Å². The van der Waals surface area contributed by atoms with Crippen LogP contribution in [0.25, 0.3) is 0 Å². The van der Waals surface area contributed by atoms with Crippen molar-refractivity contribution in [2.24, 2.45) is 0 Å². The van der Waals surface area contributed by atoms with Gasteiger partial charge in [-0.2, -0.15) is 5.26 Å². The van der Waals surface area contributed by atoms with Crippen molar-refractivity contribution in [1.29, 1.82) is 5.26 Å². The lowest BCUT2D eigenvalue weighted by molar-refractivity contribution is -0.167. The standard InChI is InChI=1S/C31H48N4O11P2/c1-8-43-48(38,44-9-2)22-41-30-28(46-47(42-19-13-17-32)35(23(3)4)24(5)6)27(39-7)29(45-30)33-18-16-26(36)34(31(33)37)21-40-20-25-14-11-10-12-15-25/h10-12,14-16,18,23-24,27-30H,8-9,13,19-22H2,1-7H3/t27-,28+,29-,30+,47?/m1/s1. The molecule has 1 unspecified atom stereocenters. The summed E-state index contributed by atoms with van der Waals surface area (Å²) in [6, 6.07) is 12.6. The molecule has 1 saturated heterocycles. The Morgan fingerprint density at radius 2 is 1.71 bits per heavy atom. The first-order chi connectivity index (χ1) is 23.0. The van der Waals surface area contributed by atoms with Crippen molar-refractivity contribution in [3.63, 3.8) is 0 Å². The molecule has 5 atom stereocenters. The van der Waals surface area contributed by atoms with Gasteiger partial charge in [0.25, 0.3) is 14.1 Å². The molecule has 1 aromatic carbocycles. The fraction of sp³-hybridized carbons (Fsp3) is 0.645. The Bertz CT molecular complexity index is 1450. The predicted octanol–water partition coefficient (Wildman–Crippen LogP) is 4.96. The van der Waals surface area contributed by atoms with Gasteiger partial charge in [0.15, 0.2) is 18.9 Å². The molecule has 1 aromatic heterocycles. The van der Waals surface area contributed by atoms with Gasteiger partial charge in [-0.3, -0.25) is 13.9 Å². The van der Waals surface area contributed by atoms with E-state index in [1.807, 2.05) is 62.7 Å². The van der Waals surface area contributed by atoms with E-state index >= 15 is 0 Å². The smallest absolute Gasteiger partial charge is 0.356 e. The first kappa shape index (κ1) is 40.1. The third-order valence-corrected chi connectivity index (χ3v) is 10.9. The minimum atomic E-state index is -3.69. The summed E-state index contributed by atoms with van der Waals surface area (Å²) in [5, 5.41) is 9.16. The number of nitriles is 1. The molecule has 3 rings (SSSR count). The SMILES string of the molecule is CCOP(=O)(CO[C@H]1O[C@@H](n2ccc(=O)n(COCc3ccccc3)c2=O)[C@H](OC)[C@@H]1OP(OCCC#N)N(C(C)C)C(C)C)OCC. The summed E-state index contributed by atoms with van der Waals surface area (Å²) in [6.07, 6.45) is -3.45. The fourth-order valence-corrected chi connectivity index (χ4v) is 8.14.